The lowest BCUT2D eigenvalue weighted by molar-refractivity contribution is 0.0954. The van der Waals surface area contributed by atoms with Gasteiger partial charge in [-0.15, -0.1) is 0 Å². The Hall–Kier alpha value is -3.09. The van der Waals surface area contributed by atoms with Gasteiger partial charge in [0.15, 0.2) is 0 Å². The largest absolute Gasteiger partial charge is 0.497 e. The lowest BCUT2D eigenvalue weighted by atomic mass is 10.2. The first kappa shape index (κ1) is 17.7. The smallest absolute Gasteiger partial charge is 0.275 e. The number of carbonyl (C=O) groups is 1. The molecule has 0 aliphatic carbocycles. The summed E-state index contributed by atoms with van der Waals surface area (Å²) >= 11 is 0. The molecule has 1 aromatic carbocycles. The number of ether oxygens (including phenoxy) is 1. The summed E-state index contributed by atoms with van der Waals surface area (Å²) in [6, 6.07) is 7.58. The molecule has 0 spiro atoms. The van der Waals surface area contributed by atoms with Crippen molar-refractivity contribution in [1.29, 1.82) is 0 Å². The summed E-state index contributed by atoms with van der Waals surface area (Å²) < 4.78 is 6.93. The second-order valence-corrected chi connectivity index (χ2v) is 6.06. The van der Waals surface area contributed by atoms with Crippen LogP contribution in [0.15, 0.2) is 41.6 Å². The number of hydrogen-bond acceptors (Lipinski definition) is 4. The van der Waals surface area contributed by atoms with Gasteiger partial charge in [0.1, 0.15) is 16.8 Å². The van der Waals surface area contributed by atoms with Gasteiger partial charge < -0.3 is 19.6 Å². The predicted molar refractivity (Wildman–Crippen MR) is 99.7 cm³/mol. The lowest BCUT2D eigenvalue weighted by Gasteiger charge is -2.06. The maximum absolute atomic E-state index is 12.5. The molecule has 0 unspecified atom stereocenters. The molecule has 2 aromatic heterocycles. The van der Waals surface area contributed by atoms with Gasteiger partial charge in [0, 0.05) is 19.3 Å². The van der Waals surface area contributed by atoms with Gasteiger partial charge in [-0.05, 0) is 24.1 Å². The molecule has 3 rings (SSSR count). The number of unbranched alkanes of at least 4 members (excludes halogenated alkanes) is 1. The van der Waals surface area contributed by atoms with E-state index < -0.39 is 0 Å². The third-order valence-corrected chi connectivity index (χ3v) is 4.23. The third-order valence-electron chi connectivity index (χ3n) is 4.23. The van der Waals surface area contributed by atoms with Crippen LogP contribution < -0.4 is 15.6 Å². The van der Waals surface area contributed by atoms with Crippen LogP contribution in [-0.2, 0) is 6.54 Å². The molecule has 7 heteroatoms. The first-order valence-corrected chi connectivity index (χ1v) is 8.61. The number of amides is 1. The summed E-state index contributed by atoms with van der Waals surface area (Å²) in [4.78, 5) is 31.6. The van der Waals surface area contributed by atoms with Crippen LogP contribution in [0.4, 0.5) is 0 Å². The Morgan fingerprint density at radius 2 is 2.08 bits per heavy atom. The zero-order valence-electron chi connectivity index (χ0n) is 14.9. The van der Waals surface area contributed by atoms with E-state index in [4.69, 9.17) is 4.74 Å². The summed E-state index contributed by atoms with van der Waals surface area (Å²) in [5, 5.41) is 2.88. The Morgan fingerprint density at radius 3 is 2.77 bits per heavy atom. The number of carbonyl (C=O) groups excluding carboxylic acids is 1. The van der Waals surface area contributed by atoms with Crippen LogP contribution >= 0.6 is 0 Å². The maximum atomic E-state index is 12.5. The van der Waals surface area contributed by atoms with E-state index in [0.717, 1.165) is 24.2 Å². The molecular formula is C19H22N4O3. The second-order valence-electron chi connectivity index (χ2n) is 6.06. The van der Waals surface area contributed by atoms with E-state index in [9.17, 15) is 9.59 Å². The van der Waals surface area contributed by atoms with Crippen LogP contribution in [0.25, 0.3) is 11.0 Å². The summed E-state index contributed by atoms with van der Waals surface area (Å²) in [5.41, 5.74) is 1.94. The Bertz CT molecular complexity index is 957. The molecule has 0 saturated carbocycles. The van der Waals surface area contributed by atoms with Gasteiger partial charge in [-0.25, -0.2) is 4.98 Å². The summed E-state index contributed by atoms with van der Waals surface area (Å²) in [6.07, 6.45) is 4.92. The molecule has 0 aliphatic heterocycles. The van der Waals surface area contributed by atoms with Gasteiger partial charge in [0.2, 0.25) is 0 Å². The number of benzene rings is 1. The summed E-state index contributed by atoms with van der Waals surface area (Å²) in [5.74, 6) is 0.552. The topological polar surface area (TPSA) is 89.0 Å². The number of hydrogen-bond donors (Lipinski definition) is 2. The third kappa shape index (κ3) is 3.61. The molecule has 0 aliphatic rings. The van der Waals surface area contributed by atoms with E-state index in [0.29, 0.717) is 29.7 Å². The monoisotopic (exact) mass is 354 g/mol. The average molecular weight is 354 g/mol. The highest BCUT2D eigenvalue weighted by molar-refractivity contribution is 6.05. The highest BCUT2D eigenvalue weighted by Gasteiger charge is 2.18. The standard InChI is InChI=1S/C19H22N4O3/c1-3-4-9-20-18(24)15-11-23(17-16(15)21-12-22-19(17)25)10-13-5-7-14(26-2)8-6-13/h5-8,11-12H,3-4,9-10H2,1-2H3,(H,20,24)(H,21,22,25). The van der Waals surface area contributed by atoms with E-state index in [1.165, 1.54) is 6.33 Å². The van der Waals surface area contributed by atoms with Gasteiger partial charge in [0.05, 0.1) is 19.0 Å². The average Bonchev–Trinajstić information content (AvgIpc) is 3.02. The fourth-order valence-corrected chi connectivity index (χ4v) is 2.83. The highest BCUT2D eigenvalue weighted by Crippen LogP contribution is 2.19. The number of aromatic nitrogens is 3. The van der Waals surface area contributed by atoms with Crippen LogP contribution in [0.5, 0.6) is 5.75 Å². The zero-order valence-corrected chi connectivity index (χ0v) is 14.9. The molecule has 0 radical (unpaired) electrons. The van der Waals surface area contributed by atoms with Gasteiger partial charge in [-0.1, -0.05) is 25.5 Å². The number of aromatic amines is 1. The fourth-order valence-electron chi connectivity index (χ4n) is 2.83. The number of rotatable bonds is 7. The van der Waals surface area contributed by atoms with Crippen molar-refractivity contribution in [3.63, 3.8) is 0 Å². The van der Waals surface area contributed by atoms with Crippen LogP contribution in [0.3, 0.4) is 0 Å². The molecule has 136 valence electrons. The first-order chi connectivity index (χ1) is 12.6. The molecule has 7 nitrogen and oxygen atoms in total. The van der Waals surface area contributed by atoms with Crippen LogP contribution in [0.1, 0.15) is 35.7 Å². The van der Waals surface area contributed by atoms with Crippen molar-refractivity contribution in [3.05, 3.63) is 58.3 Å². The first-order valence-electron chi connectivity index (χ1n) is 8.61. The number of fused-ring (bicyclic) bond motifs is 1. The number of H-pyrrole nitrogens is 1. The molecule has 3 aromatic rings. The molecule has 2 heterocycles. The van der Waals surface area contributed by atoms with Crippen LogP contribution in [0, 0.1) is 0 Å². The molecule has 2 N–H and O–H groups in total. The zero-order chi connectivity index (χ0) is 18.5. The number of nitrogens with one attached hydrogen (secondary N) is 2. The molecule has 0 bridgehead atoms. The van der Waals surface area contributed by atoms with E-state index >= 15 is 0 Å². The van der Waals surface area contributed by atoms with E-state index in [-0.39, 0.29) is 11.5 Å². The lowest BCUT2D eigenvalue weighted by Crippen LogP contribution is -2.24. The van der Waals surface area contributed by atoms with Gasteiger partial charge in [0.25, 0.3) is 11.5 Å². The molecule has 0 atom stereocenters. The quantitative estimate of drug-likeness (QED) is 0.637. The fraction of sp³-hybridized carbons (Fsp3) is 0.316. The Kier molecular flexibility index (Phi) is 5.36. The normalized spacial score (nSPS) is 10.8. The Labute approximate surface area is 151 Å². The number of nitrogens with zero attached hydrogens (tertiary/aromatic N) is 2. The van der Waals surface area contributed by atoms with Crippen LogP contribution in [-0.4, -0.2) is 34.1 Å². The van der Waals surface area contributed by atoms with Crippen molar-refractivity contribution in [2.45, 2.75) is 26.3 Å². The Morgan fingerprint density at radius 1 is 1.31 bits per heavy atom. The SMILES string of the molecule is CCCCNC(=O)c1cn(Cc2ccc(OC)cc2)c2c(=O)[nH]cnc12. The minimum absolute atomic E-state index is 0.213. The molecule has 0 fully saturated rings. The number of methoxy groups -OCH3 is 1. The summed E-state index contributed by atoms with van der Waals surface area (Å²) in [7, 11) is 1.61. The van der Waals surface area contributed by atoms with Crippen molar-refractivity contribution in [3.8, 4) is 5.75 Å². The summed E-state index contributed by atoms with van der Waals surface area (Å²) in [6.45, 7) is 3.12. The van der Waals surface area contributed by atoms with Crippen molar-refractivity contribution in [1.82, 2.24) is 19.9 Å². The van der Waals surface area contributed by atoms with Crippen molar-refractivity contribution in [2.75, 3.05) is 13.7 Å². The second kappa shape index (κ2) is 7.86. The Balaban J connectivity index is 1.96. The predicted octanol–water partition coefficient (Wildman–Crippen LogP) is 2.31. The molecular weight excluding hydrogens is 332 g/mol. The highest BCUT2D eigenvalue weighted by atomic mass is 16.5. The van der Waals surface area contributed by atoms with E-state index in [2.05, 4.69) is 22.2 Å². The van der Waals surface area contributed by atoms with E-state index in [1.807, 2.05) is 24.3 Å². The van der Waals surface area contributed by atoms with Gasteiger partial charge >= 0.3 is 0 Å². The van der Waals surface area contributed by atoms with Crippen LogP contribution in [0.2, 0.25) is 0 Å². The van der Waals surface area contributed by atoms with Crippen molar-refractivity contribution >= 4 is 16.9 Å². The molecule has 26 heavy (non-hydrogen) atoms. The minimum Gasteiger partial charge on any atom is -0.497 e. The van der Waals surface area contributed by atoms with Gasteiger partial charge in [-0.3, -0.25) is 9.59 Å². The maximum Gasteiger partial charge on any atom is 0.275 e. The van der Waals surface area contributed by atoms with Crippen molar-refractivity contribution in [2.24, 2.45) is 0 Å². The molecule has 0 saturated heterocycles. The van der Waals surface area contributed by atoms with Gasteiger partial charge in [-0.2, -0.15) is 0 Å². The van der Waals surface area contributed by atoms with Crippen molar-refractivity contribution < 1.29 is 9.53 Å². The minimum atomic E-state index is -0.267. The van der Waals surface area contributed by atoms with E-state index in [1.54, 1.807) is 17.9 Å². The molecule has 1 amide bonds.